The van der Waals surface area contributed by atoms with E-state index < -0.39 is 33.3 Å². The maximum absolute atomic E-state index is 13.6. The first-order valence-corrected chi connectivity index (χ1v) is 14.6. The highest BCUT2D eigenvalue weighted by atomic mass is 35.5. The van der Waals surface area contributed by atoms with Crippen LogP contribution < -0.4 is 10.6 Å². The molecular formula is C30H19Cl4N3O4S. The van der Waals surface area contributed by atoms with Crippen LogP contribution in [0.5, 0.6) is 0 Å². The van der Waals surface area contributed by atoms with Gasteiger partial charge in [-0.25, -0.2) is 4.79 Å². The van der Waals surface area contributed by atoms with Gasteiger partial charge in [0.2, 0.25) is 5.91 Å². The summed E-state index contributed by atoms with van der Waals surface area (Å²) in [6, 6.07) is 23.6. The van der Waals surface area contributed by atoms with Gasteiger partial charge in [-0.05, 0) is 47.3 Å². The average molecular weight is 659 g/mol. The van der Waals surface area contributed by atoms with E-state index in [4.69, 9.17) is 46.4 Å². The van der Waals surface area contributed by atoms with Crippen molar-refractivity contribution in [2.75, 3.05) is 10.6 Å². The van der Waals surface area contributed by atoms with Gasteiger partial charge in [-0.2, -0.15) is 0 Å². The molecule has 4 N–H and O–H groups in total. The van der Waals surface area contributed by atoms with Gasteiger partial charge in [0.15, 0.2) is 0 Å². The summed E-state index contributed by atoms with van der Waals surface area (Å²) in [7, 11) is 0. The van der Waals surface area contributed by atoms with Gasteiger partial charge >= 0.3 is 5.97 Å². The van der Waals surface area contributed by atoms with Crippen molar-refractivity contribution in [3.63, 3.8) is 0 Å². The number of H-pyrrole nitrogens is 1. The van der Waals surface area contributed by atoms with Gasteiger partial charge in [0.25, 0.3) is 5.91 Å². The normalized spacial score (nSPS) is 11.7. The Bertz CT molecular complexity index is 1850. The first-order chi connectivity index (χ1) is 20.1. The van der Waals surface area contributed by atoms with E-state index in [0.717, 1.165) is 16.5 Å². The number of rotatable bonds is 8. The van der Waals surface area contributed by atoms with Gasteiger partial charge in [0.1, 0.15) is 5.25 Å². The van der Waals surface area contributed by atoms with Crippen molar-refractivity contribution in [2.24, 2.45) is 0 Å². The molecule has 1 unspecified atom stereocenters. The maximum atomic E-state index is 13.6. The molecule has 0 fully saturated rings. The molecule has 1 atom stereocenters. The van der Waals surface area contributed by atoms with Gasteiger partial charge < -0.3 is 20.7 Å². The molecule has 0 saturated carbocycles. The number of aromatic carboxylic acids is 1. The molecule has 7 nitrogen and oxygen atoms in total. The number of benzene rings is 4. The number of carboxylic acids is 1. The zero-order valence-electron chi connectivity index (χ0n) is 21.3. The second-order valence-corrected chi connectivity index (χ2v) is 11.7. The highest BCUT2D eigenvalue weighted by Gasteiger charge is 2.29. The van der Waals surface area contributed by atoms with E-state index in [0.29, 0.717) is 16.3 Å². The SMILES string of the molecule is O=C(O)c1c(Cl)c(Cl)c(Cl)c(Cl)c1C(=O)Nc1cccc(SC(C(=O)Nc2ccc3cc[nH]c3c2)c2ccccc2)c1. The number of aromatic nitrogens is 1. The van der Waals surface area contributed by atoms with Crippen molar-refractivity contribution in [1.29, 1.82) is 0 Å². The standard InChI is InChI=1S/C30H19Cl4N3O4S/c31-23-21(22(30(40)41)24(32)26(34)25(23)33)28(38)36-17-7-4-8-19(13-17)42-27(16-5-2-1-3-6-16)29(39)37-18-10-9-15-11-12-35-20(15)14-18/h1-14,27,35H,(H,36,38)(H,37,39)(H,40,41). The minimum atomic E-state index is -1.50. The summed E-state index contributed by atoms with van der Waals surface area (Å²) in [5.74, 6) is -2.59. The van der Waals surface area contributed by atoms with Gasteiger partial charge in [-0.3, -0.25) is 9.59 Å². The summed E-state index contributed by atoms with van der Waals surface area (Å²) in [5, 5.41) is 14.5. The van der Waals surface area contributed by atoms with Crippen molar-refractivity contribution >= 4 is 98.2 Å². The maximum Gasteiger partial charge on any atom is 0.338 e. The van der Waals surface area contributed by atoms with E-state index in [1.807, 2.05) is 60.8 Å². The van der Waals surface area contributed by atoms with Crippen LogP contribution >= 0.6 is 58.2 Å². The fraction of sp³-hybridized carbons (Fsp3) is 0.0333. The Morgan fingerprint density at radius 1 is 0.738 bits per heavy atom. The topological polar surface area (TPSA) is 111 Å². The lowest BCUT2D eigenvalue weighted by Gasteiger charge is -2.18. The molecule has 1 heterocycles. The van der Waals surface area contributed by atoms with E-state index in [9.17, 15) is 19.5 Å². The Kier molecular flexibility index (Phi) is 9.01. The number of fused-ring (bicyclic) bond motifs is 1. The minimum Gasteiger partial charge on any atom is -0.478 e. The van der Waals surface area contributed by atoms with Crippen molar-refractivity contribution in [1.82, 2.24) is 4.98 Å². The quantitative estimate of drug-likeness (QED) is 0.0754. The third kappa shape index (κ3) is 6.23. The molecule has 0 aliphatic rings. The molecular weight excluding hydrogens is 640 g/mol. The van der Waals surface area contributed by atoms with Crippen LogP contribution in [0.4, 0.5) is 11.4 Å². The lowest BCUT2D eigenvalue weighted by Crippen LogP contribution is -2.19. The van der Waals surface area contributed by atoms with Gasteiger partial charge in [-0.1, -0.05) is 88.9 Å². The predicted molar refractivity (Wildman–Crippen MR) is 170 cm³/mol. The molecule has 42 heavy (non-hydrogen) atoms. The molecule has 0 aliphatic carbocycles. The smallest absolute Gasteiger partial charge is 0.338 e. The molecule has 0 saturated heterocycles. The summed E-state index contributed by atoms with van der Waals surface area (Å²) >= 11 is 25.7. The van der Waals surface area contributed by atoms with Crippen molar-refractivity contribution in [2.45, 2.75) is 10.1 Å². The Morgan fingerprint density at radius 3 is 2.14 bits per heavy atom. The molecule has 12 heteroatoms. The van der Waals surface area contributed by atoms with Crippen LogP contribution in [-0.2, 0) is 4.79 Å². The number of amides is 2. The van der Waals surface area contributed by atoms with Gasteiger partial charge in [0, 0.05) is 28.0 Å². The number of aromatic amines is 1. The largest absolute Gasteiger partial charge is 0.478 e. The Hall–Kier alpha value is -3.66. The van der Waals surface area contributed by atoms with Crippen molar-refractivity contribution in [3.05, 3.63) is 122 Å². The third-order valence-corrected chi connectivity index (χ3v) is 9.27. The highest BCUT2D eigenvalue weighted by Crippen LogP contribution is 2.42. The second-order valence-electron chi connectivity index (χ2n) is 8.97. The lowest BCUT2D eigenvalue weighted by atomic mass is 10.1. The van der Waals surface area contributed by atoms with E-state index in [2.05, 4.69) is 15.6 Å². The van der Waals surface area contributed by atoms with E-state index in [1.165, 1.54) is 11.8 Å². The van der Waals surface area contributed by atoms with Crippen LogP contribution in [0.25, 0.3) is 10.9 Å². The molecule has 2 amide bonds. The summed E-state index contributed by atoms with van der Waals surface area (Å²) in [4.78, 5) is 42.5. The number of carbonyl (C=O) groups excluding carboxylic acids is 2. The number of anilines is 2. The zero-order valence-corrected chi connectivity index (χ0v) is 25.1. The third-order valence-electron chi connectivity index (χ3n) is 6.22. The van der Waals surface area contributed by atoms with Crippen LogP contribution in [0, 0.1) is 0 Å². The van der Waals surface area contributed by atoms with E-state index >= 15 is 0 Å². The summed E-state index contributed by atoms with van der Waals surface area (Å²) < 4.78 is 0. The molecule has 0 bridgehead atoms. The minimum absolute atomic E-state index is 0.241. The number of hydrogen-bond acceptors (Lipinski definition) is 4. The van der Waals surface area contributed by atoms with Crippen molar-refractivity contribution < 1.29 is 19.5 Å². The monoisotopic (exact) mass is 657 g/mol. The fourth-order valence-corrected chi connectivity index (χ4v) is 6.36. The first-order valence-electron chi connectivity index (χ1n) is 12.2. The molecule has 1 aromatic heterocycles. The molecule has 212 valence electrons. The fourth-order valence-electron chi connectivity index (χ4n) is 4.26. The predicted octanol–water partition coefficient (Wildman–Crippen LogP) is 9.20. The molecule has 0 radical (unpaired) electrons. The van der Waals surface area contributed by atoms with Crippen LogP contribution in [-0.4, -0.2) is 27.9 Å². The number of hydrogen-bond donors (Lipinski definition) is 4. The van der Waals surface area contributed by atoms with E-state index in [1.54, 1.807) is 24.3 Å². The summed E-state index contributed by atoms with van der Waals surface area (Å²) in [6.07, 6.45) is 1.83. The molecule has 5 rings (SSSR count). The Labute approximate surface area is 264 Å². The molecule has 0 aliphatic heterocycles. The molecule has 5 aromatic rings. The number of carboxylic acid groups (broad SMARTS) is 1. The average Bonchev–Trinajstić information content (AvgIpc) is 3.45. The lowest BCUT2D eigenvalue weighted by molar-refractivity contribution is -0.115. The van der Waals surface area contributed by atoms with Crippen LogP contribution in [0.3, 0.4) is 0 Å². The van der Waals surface area contributed by atoms with Crippen LogP contribution in [0.1, 0.15) is 31.5 Å². The Morgan fingerprint density at radius 2 is 1.43 bits per heavy atom. The van der Waals surface area contributed by atoms with Crippen LogP contribution in [0.15, 0.2) is 90.0 Å². The van der Waals surface area contributed by atoms with Gasteiger partial charge in [0.05, 0.1) is 31.2 Å². The zero-order chi connectivity index (χ0) is 30.0. The highest BCUT2D eigenvalue weighted by molar-refractivity contribution is 8.00. The number of halogens is 4. The Balaban J connectivity index is 1.41. The van der Waals surface area contributed by atoms with Crippen LogP contribution in [0.2, 0.25) is 20.1 Å². The molecule has 4 aromatic carbocycles. The summed E-state index contributed by atoms with van der Waals surface area (Å²) in [5.41, 5.74) is 1.64. The second kappa shape index (κ2) is 12.7. The van der Waals surface area contributed by atoms with E-state index in [-0.39, 0.29) is 21.0 Å². The van der Waals surface area contributed by atoms with Crippen molar-refractivity contribution in [3.8, 4) is 0 Å². The number of carbonyl (C=O) groups is 3. The van der Waals surface area contributed by atoms with Gasteiger partial charge in [-0.15, -0.1) is 11.8 Å². The summed E-state index contributed by atoms with van der Waals surface area (Å²) in [6.45, 7) is 0. The first kappa shape index (κ1) is 29.8. The number of thioether (sulfide) groups is 1. The number of nitrogens with one attached hydrogen (secondary N) is 3. The molecule has 0 spiro atoms.